The summed E-state index contributed by atoms with van der Waals surface area (Å²) in [6.07, 6.45) is 5.30. The molecule has 0 saturated carbocycles. The summed E-state index contributed by atoms with van der Waals surface area (Å²) in [6, 6.07) is 0. The topological polar surface area (TPSA) is 0 Å². The Balaban J connectivity index is 2.40. The second-order valence-electron chi connectivity index (χ2n) is 6.68. The molecule has 0 amide bonds. The van der Waals surface area contributed by atoms with E-state index in [1.807, 2.05) is 0 Å². The predicted octanol–water partition coefficient (Wildman–Crippen LogP) is 2.62. The van der Waals surface area contributed by atoms with Gasteiger partial charge in [0.1, 0.15) is 0 Å². The third kappa shape index (κ3) is 2.47. The van der Waals surface area contributed by atoms with Crippen LogP contribution in [0.3, 0.4) is 0 Å². The number of allylic oxidation sites excluding steroid dienone is 8. The second kappa shape index (κ2) is 4.92. The Labute approximate surface area is 135 Å². The first-order valence-electron chi connectivity index (χ1n) is 7.15. The van der Waals surface area contributed by atoms with E-state index in [0.29, 0.717) is 5.59 Å². The average Bonchev–Trinajstić information content (AvgIpc) is 2.61. The Morgan fingerprint density at radius 1 is 0.737 bits per heavy atom. The fourth-order valence-electron chi connectivity index (χ4n) is 3.47. The fourth-order valence-corrected chi connectivity index (χ4v) is 26.3. The molecule has 0 radical (unpaired) electrons. The Morgan fingerprint density at radius 2 is 1.05 bits per heavy atom. The van der Waals surface area contributed by atoms with E-state index in [2.05, 4.69) is 53.7 Å². The van der Waals surface area contributed by atoms with Gasteiger partial charge in [-0.15, -0.1) is 0 Å². The normalized spacial score (nSPS) is 35.3. The molecule has 2 atom stereocenters. The van der Waals surface area contributed by atoms with E-state index in [-0.39, 0.29) is 0 Å². The number of rotatable bonds is 2. The summed E-state index contributed by atoms with van der Waals surface area (Å²) in [7, 11) is 2.62. The van der Waals surface area contributed by atoms with Crippen molar-refractivity contribution in [2.75, 3.05) is 0 Å². The van der Waals surface area contributed by atoms with Gasteiger partial charge in [-0.2, -0.15) is 0 Å². The minimum absolute atomic E-state index is 0.582. The summed E-state index contributed by atoms with van der Waals surface area (Å²) in [5, 5.41) is 0. The third-order valence-corrected chi connectivity index (χ3v) is 19.0. The van der Waals surface area contributed by atoms with E-state index in [1.165, 1.54) is 20.5 Å². The first-order valence-corrected chi connectivity index (χ1v) is 12.7. The zero-order valence-electron chi connectivity index (χ0n) is 13.7. The van der Waals surface area contributed by atoms with Crippen LogP contribution in [0, 0.1) is 0 Å². The van der Waals surface area contributed by atoms with Gasteiger partial charge in [0.25, 0.3) is 0 Å². The van der Waals surface area contributed by atoms with Crippen LogP contribution in [0.5, 0.6) is 0 Å². The summed E-state index contributed by atoms with van der Waals surface area (Å²) in [5.74, 6) is 0. The van der Waals surface area contributed by atoms with Crippen LogP contribution in [-0.4, -0.2) is 20.5 Å². The molecular formula is C16H26HfSi2. The molecule has 0 aliphatic heterocycles. The van der Waals surface area contributed by atoms with Crippen LogP contribution in [0.15, 0.2) is 45.6 Å². The Hall–Kier alpha value is 0.264. The van der Waals surface area contributed by atoms with E-state index in [0.717, 1.165) is 0 Å². The van der Waals surface area contributed by atoms with Crippen LogP contribution in [-0.2, 0) is 22.9 Å². The van der Waals surface area contributed by atoms with Crippen molar-refractivity contribution in [2.45, 2.75) is 47.1 Å². The minimum atomic E-state index is -0.796. The van der Waals surface area contributed by atoms with Crippen molar-refractivity contribution in [3.05, 3.63) is 45.6 Å². The molecule has 0 fully saturated rings. The third-order valence-electron chi connectivity index (χ3n) is 5.40. The van der Waals surface area contributed by atoms with Crippen molar-refractivity contribution >= 4 is 20.5 Å². The van der Waals surface area contributed by atoms with Gasteiger partial charge in [-0.3, -0.25) is 0 Å². The van der Waals surface area contributed by atoms with Crippen LogP contribution in [0.25, 0.3) is 0 Å². The molecule has 19 heavy (non-hydrogen) atoms. The molecule has 0 bridgehead atoms. The van der Waals surface area contributed by atoms with E-state index in [9.17, 15) is 0 Å². The van der Waals surface area contributed by atoms with E-state index >= 15 is 0 Å². The molecule has 0 spiro atoms. The average molecular weight is 453 g/mol. The molecule has 0 saturated heterocycles. The standard InChI is InChI=1S/2C8H13Si.Hf/c2*1-5-4-8(9)7(3)6(5)2;/h2*4H,1-3,9H3;. The molecular weight excluding hydrogens is 427 g/mol. The Morgan fingerprint density at radius 3 is 1.26 bits per heavy atom. The van der Waals surface area contributed by atoms with Crippen molar-refractivity contribution in [1.82, 2.24) is 0 Å². The molecule has 0 aromatic heterocycles. The SMILES string of the molecule is CC1=C[C]([SiH3])([Hf][C]2([SiH3])C=C(C)C(C)=C2C)C(C)=C1C. The molecule has 0 nitrogen and oxygen atoms in total. The maximum absolute atomic E-state index is 2.65. The maximum atomic E-state index is 2.65. The molecule has 0 heterocycles. The van der Waals surface area contributed by atoms with Gasteiger partial charge in [-0.25, -0.2) is 0 Å². The van der Waals surface area contributed by atoms with E-state index in [4.69, 9.17) is 0 Å². The van der Waals surface area contributed by atoms with Crippen molar-refractivity contribution in [3.63, 3.8) is 0 Å². The van der Waals surface area contributed by atoms with Crippen LogP contribution in [0.1, 0.15) is 41.5 Å². The summed E-state index contributed by atoms with van der Waals surface area (Å²) in [5.41, 5.74) is 9.73. The quantitative estimate of drug-likeness (QED) is 0.565. The fraction of sp³-hybridized carbons (Fsp3) is 0.500. The Kier molecular flexibility index (Phi) is 4.05. The summed E-state index contributed by atoms with van der Waals surface area (Å²) < 4.78 is 1.16. The van der Waals surface area contributed by atoms with Gasteiger partial charge in [-0.1, -0.05) is 0 Å². The van der Waals surface area contributed by atoms with Crippen molar-refractivity contribution in [2.24, 2.45) is 0 Å². The zero-order chi connectivity index (χ0) is 14.6. The van der Waals surface area contributed by atoms with Crippen molar-refractivity contribution in [1.29, 1.82) is 0 Å². The van der Waals surface area contributed by atoms with Gasteiger partial charge in [0.15, 0.2) is 0 Å². The number of hydrogen-bond acceptors (Lipinski definition) is 0. The molecule has 0 N–H and O–H groups in total. The van der Waals surface area contributed by atoms with Crippen LogP contribution in [0.4, 0.5) is 0 Å². The molecule has 0 aromatic rings. The molecule has 2 aliphatic rings. The van der Waals surface area contributed by atoms with Crippen LogP contribution < -0.4 is 0 Å². The van der Waals surface area contributed by atoms with Gasteiger partial charge in [0.2, 0.25) is 0 Å². The summed E-state index contributed by atoms with van der Waals surface area (Å²) in [6.45, 7) is 14.1. The zero-order valence-corrected chi connectivity index (χ0v) is 21.2. The summed E-state index contributed by atoms with van der Waals surface area (Å²) >= 11 is -0.796. The first-order chi connectivity index (χ1) is 8.61. The van der Waals surface area contributed by atoms with Crippen molar-refractivity contribution in [3.8, 4) is 0 Å². The van der Waals surface area contributed by atoms with Gasteiger partial charge in [0, 0.05) is 0 Å². The first kappa shape index (κ1) is 15.6. The van der Waals surface area contributed by atoms with Crippen molar-refractivity contribution < 1.29 is 22.9 Å². The molecule has 3 heteroatoms. The van der Waals surface area contributed by atoms with E-state index in [1.54, 1.807) is 33.4 Å². The predicted molar refractivity (Wildman–Crippen MR) is 89.5 cm³/mol. The molecule has 102 valence electrons. The molecule has 2 rings (SSSR count). The molecule has 2 unspecified atom stereocenters. The van der Waals surface area contributed by atoms with Gasteiger partial charge < -0.3 is 0 Å². The van der Waals surface area contributed by atoms with E-state index < -0.39 is 22.9 Å². The monoisotopic (exact) mass is 454 g/mol. The van der Waals surface area contributed by atoms with Gasteiger partial charge in [-0.05, 0) is 0 Å². The van der Waals surface area contributed by atoms with Gasteiger partial charge in [0.05, 0.1) is 0 Å². The Bertz CT molecular complexity index is 515. The second-order valence-corrected chi connectivity index (χ2v) is 25.4. The molecule has 0 aromatic carbocycles. The molecule has 2 aliphatic carbocycles. The summed E-state index contributed by atoms with van der Waals surface area (Å²) in [4.78, 5) is 0. The van der Waals surface area contributed by atoms with Crippen LogP contribution >= 0.6 is 0 Å². The van der Waals surface area contributed by atoms with Gasteiger partial charge >= 0.3 is 136 Å². The number of hydrogen-bond donors (Lipinski definition) is 0. The van der Waals surface area contributed by atoms with Crippen LogP contribution in [0.2, 0.25) is 5.59 Å².